The number of thioether (sulfide) groups is 1. The number of carboxylic acid groups (broad SMARTS) is 2. The Bertz CT molecular complexity index is 2880. The van der Waals surface area contributed by atoms with Gasteiger partial charge in [0.15, 0.2) is 0 Å². The molecule has 2 aliphatic carbocycles. The van der Waals surface area contributed by atoms with Crippen LogP contribution in [0.25, 0.3) is 39.3 Å². The molecule has 7 nitrogen and oxygen atoms in total. The topological polar surface area (TPSA) is 125 Å². The summed E-state index contributed by atoms with van der Waals surface area (Å²) in [5, 5.41) is 38.6. The van der Waals surface area contributed by atoms with Gasteiger partial charge < -0.3 is 15.1 Å². The fourth-order valence-electron chi connectivity index (χ4n) is 9.50. The minimum atomic E-state index is -1.23. The van der Waals surface area contributed by atoms with Crippen LogP contribution in [0.1, 0.15) is 116 Å². The number of benzene rings is 3. The van der Waals surface area contributed by atoms with Crippen LogP contribution in [0.4, 0.5) is 11.4 Å². The number of thiophene rings is 2. The van der Waals surface area contributed by atoms with Gasteiger partial charge in [0.2, 0.25) is 0 Å². The van der Waals surface area contributed by atoms with Crippen molar-refractivity contribution >= 4 is 75.5 Å². The first-order chi connectivity index (χ1) is 31.4. The molecule has 3 aromatic carbocycles. The lowest BCUT2D eigenvalue weighted by Gasteiger charge is -2.43. The highest BCUT2D eigenvalue weighted by Crippen LogP contribution is 2.54. The van der Waals surface area contributed by atoms with E-state index >= 15 is 0 Å². The van der Waals surface area contributed by atoms with E-state index in [1.54, 1.807) is 11.3 Å². The largest absolute Gasteiger partial charge is 0.477 e. The average Bonchev–Trinajstić information content (AvgIpc) is 3.97. The third-order valence-electron chi connectivity index (χ3n) is 12.8. The highest BCUT2D eigenvalue weighted by molar-refractivity contribution is 8.00. The Balaban J connectivity index is 1.24. The maximum Gasteiger partial charge on any atom is 0.346 e. The van der Waals surface area contributed by atoms with E-state index in [4.69, 9.17) is 0 Å². The molecule has 0 fully saturated rings. The quantitative estimate of drug-likeness (QED) is 0.0537. The summed E-state index contributed by atoms with van der Waals surface area (Å²) in [5.74, 6) is -2.46. The summed E-state index contributed by atoms with van der Waals surface area (Å²) in [5.41, 5.74) is 11.2. The van der Waals surface area contributed by atoms with Gasteiger partial charge in [-0.2, -0.15) is 10.5 Å². The van der Waals surface area contributed by atoms with Crippen molar-refractivity contribution in [2.75, 3.05) is 4.90 Å². The van der Waals surface area contributed by atoms with Gasteiger partial charge >= 0.3 is 11.9 Å². The lowest BCUT2D eigenvalue weighted by molar-refractivity contribution is -0.133. The van der Waals surface area contributed by atoms with Crippen molar-refractivity contribution in [3.05, 3.63) is 139 Å². The van der Waals surface area contributed by atoms with Gasteiger partial charge in [-0.15, -0.1) is 34.4 Å². The lowest BCUT2D eigenvalue weighted by atomic mass is 9.82. The molecule has 2 atom stereocenters. The molecule has 0 amide bonds. The Morgan fingerprint density at radius 2 is 1.35 bits per heavy atom. The Hall–Kier alpha value is -5.91. The normalized spacial score (nSPS) is 17.1. The first-order valence-corrected chi connectivity index (χ1v) is 25.2. The third kappa shape index (κ3) is 9.31. The van der Waals surface area contributed by atoms with E-state index in [-0.39, 0.29) is 27.9 Å². The van der Waals surface area contributed by atoms with Gasteiger partial charge in [0.25, 0.3) is 0 Å². The number of hydrogen-bond acceptors (Lipinski definition) is 8. The highest BCUT2D eigenvalue weighted by Gasteiger charge is 2.39. The summed E-state index contributed by atoms with van der Waals surface area (Å²) in [6.45, 7) is 9.03. The molecule has 5 aromatic rings. The van der Waals surface area contributed by atoms with Gasteiger partial charge in [-0.05, 0) is 119 Å². The van der Waals surface area contributed by atoms with E-state index < -0.39 is 11.9 Å². The number of rotatable bonds is 17. The Morgan fingerprint density at radius 1 is 0.738 bits per heavy atom. The highest BCUT2D eigenvalue weighted by atomic mass is 32.2. The molecule has 0 bridgehead atoms. The molecule has 3 aliphatic rings. The predicted molar refractivity (Wildman–Crippen MR) is 269 cm³/mol. The molecule has 8 rings (SSSR count). The van der Waals surface area contributed by atoms with E-state index in [0.717, 1.165) is 117 Å². The van der Waals surface area contributed by atoms with Crippen molar-refractivity contribution in [1.29, 1.82) is 10.5 Å². The molecule has 0 saturated heterocycles. The minimum absolute atomic E-state index is 0.00963. The van der Waals surface area contributed by atoms with Crippen molar-refractivity contribution in [3.8, 4) is 33.7 Å². The van der Waals surface area contributed by atoms with Crippen LogP contribution in [0, 0.1) is 22.7 Å². The second kappa shape index (κ2) is 19.7. The number of allylic oxidation sites excluding steroid dienone is 2. The summed E-state index contributed by atoms with van der Waals surface area (Å²) in [6.07, 6.45) is 20.5. The summed E-state index contributed by atoms with van der Waals surface area (Å²) in [7, 11) is 0. The van der Waals surface area contributed by atoms with Gasteiger partial charge in [0.1, 0.15) is 23.3 Å². The first kappa shape index (κ1) is 45.7. The van der Waals surface area contributed by atoms with Crippen LogP contribution < -0.4 is 4.90 Å². The molecule has 0 radical (unpaired) electrons. The van der Waals surface area contributed by atoms with Gasteiger partial charge in [0, 0.05) is 35.5 Å². The fourth-order valence-corrected chi connectivity index (χ4v) is 13.1. The molecule has 2 aromatic heterocycles. The van der Waals surface area contributed by atoms with E-state index in [1.807, 2.05) is 23.9 Å². The zero-order chi connectivity index (χ0) is 45.8. The molecule has 330 valence electrons. The van der Waals surface area contributed by atoms with Crippen molar-refractivity contribution in [1.82, 2.24) is 0 Å². The lowest BCUT2D eigenvalue weighted by Crippen LogP contribution is -2.41. The molecule has 0 spiro atoms. The number of aliphatic carboxylic acids is 2. The molecule has 65 heavy (non-hydrogen) atoms. The van der Waals surface area contributed by atoms with E-state index in [0.29, 0.717) is 0 Å². The number of nitrogens with zero attached hydrogens (tertiary/aromatic N) is 3. The van der Waals surface area contributed by atoms with E-state index in [9.17, 15) is 30.3 Å². The molecular formula is C55H53N3O4S3. The molecule has 0 saturated carbocycles. The van der Waals surface area contributed by atoms with Crippen LogP contribution in [0.2, 0.25) is 0 Å². The third-order valence-corrected chi connectivity index (χ3v) is 16.4. The average molecular weight is 916 g/mol. The van der Waals surface area contributed by atoms with Crippen molar-refractivity contribution in [3.63, 3.8) is 0 Å². The molecule has 10 heteroatoms. The predicted octanol–water partition coefficient (Wildman–Crippen LogP) is 14.6. The zero-order valence-electron chi connectivity index (χ0n) is 37.3. The Morgan fingerprint density at radius 3 is 1.98 bits per heavy atom. The molecule has 3 heterocycles. The first-order valence-electron chi connectivity index (χ1n) is 22.7. The number of unbranched alkanes of at least 4 members (excludes halogenated alkanes) is 6. The fraction of sp³-hybridized carbons (Fsp3) is 0.309. The molecule has 2 unspecified atom stereocenters. The maximum absolute atomic E-state index is 11.9. The Labute approximate surface area is 394 Å². The van der Waals surface area contributed by atoms with Crippen LogP contribution in [0.15, 0.2) is 107 Å². The minimum Gasteiger partial charge on any atom is -0.477 e. The summed E-state index contributed by atoms with van der Waals surface area (Å²) < 4.78 is 0. The summed E-state index contributed by atoms with van der Waals surface area (Å²) in [6, 6.07) is 30.2. The molecular weight excluding hydrogens is 863 g/mol. The number of hydrogen-bond donors (Lipinski definition) is 2. The smallest absolute Gasteiger partial charge is 0.346 e. The van der Waals surface area contributed by atoms with Crippen LogP contribution in [-0.2, 0) is 27.8 Å². The summed E-state index contributed by atoms with van der Waals surface area (Å²) >= 11 is 4.93. The maximum atomic E-state index is 11.9. The number of anilines is 2. The Kier molecular flexibility index (Phi) is 13.8. The standard InChI is InChI=1S/C55H53N3O4S3/c1-5-7-9-11-15-34-25-41(27-38(32-56)53(59)60)63-51(34)36-19-23-47-49(29-36)65-50-30-37(52-35(16-12-10-8-6-2)26-42(64-52)28-39(33-57)54(61)62)20-24-48(50)58(47)40-21-22-44-43-17-13-14-18-45(43)55(3,4)46(44)31-40/h13-14,17-31,47,49H,5-12,15-16H2,1-4H3,(H,59,60)(H,61,62)/b38-27+,39-28+. The van der Waals surface area contributed by atoms with Crippen molar-refractivity contribution < 1.29 is 19.8 Å². The number of carboxylic acids is 2. The molecule has 1 aliphatic heterocycles. The van der Waals surface area contributed by atoms with Crippen molar-refractivity contribution in [2.24, 2.45) is 0 Å². The van der Waals surface area contributed by atoms with Gasteiger partial charge in [0.05, 0.1) is 17.0 Å². The summed E-state index contributed by atoms with van der Waals surface area (Å²) in [4.78, 5) is 31.1. The number of carbonyl (C=O) groups is 2. The van der Waals surface area contributed by atoms with Gasteiger partial charge in [-0.3, -0.25) is 0 Å². The van der Waals surface area contributed by atoms with Gasteiger partial charge in [-0.1, -0.05) is 121 Å². The number of nitriles is 2. The monoisotopic (exact) mass is 915 g/mol. The number of fused-ring (bicyclic) bond motifs is 5. The van der Waals surface area contributed by atoms with Crippen LogP contribution in [0.5, 0.6) is 0 Å². The van der Waals surface area contributed by atoms with Crippen molar-refractivity contribution in [2.45, 2.75) is 114 Å². The molecule has 2 N–H and O–H groups in total. The van der Waals surface area contributed by atoms with Crippen LogP contribution >= 0.6 is 34.4 Å². The van der Waals surface area contributed by atoms with E-state index in [2.05, 4.69) is 124 Å². The van der Waals surface area contributed by atoms with Crippen LogP contribution in [0.3, 0.4) is 0 Å². The second-order valence-electron chi connectivity index (χ2n) is 17.6. The van der Waals surface area contributed by atoms with Gasteiger partial charge in [-0.25, -0.2) is 9.59 Å². The van der Waals surface area contributed by atoms with Crippen LogP contribution in [-0.4, -0.2) is 33.4 Å². The number of aryl methyl sites for hydroxylation is 2. The zero-order valence-corrected chi connectivity index (χ0v) is 39.8. The van der Waals surface area contributed by atoms with E-state index in [1.165, 1.54) is 51.3 Å². The second-order valence-corrected chi connectivity index (χ2v) is 21.0. The SMILES string of the molecule is CCCCCCc1cc(/C=C(\C#N)C(=O)O)sc1C1=CC2Sc3cc(-c4sc(/C=C(\C#N)C(=O)O)cc4CCCCCC)ccc3N(c3ccc4c(c3)C(C)(C)c3ccccc3-4)C2C=C1.